The normalized spacial score (nSPS) is 18.1. The molecule has 0 unspecified atom stereocenters. The van der Waals surface area contributed by atoms with Crippen molar-refractivity contribution in [3.8, 4) is 0 Å². The van der Waals surface area contributed by atoms with Crippen LogP contribution in [0, 0.1) is 10.1 Å². The second-order valence-electron chi connectivity index (χ2n) is 4.71. The first-order valence-corrected chi connectivity index (χ1v) is 6.46. The molecule has 1 aromatic rings. The fourth-order valence-corrected chi connectivity index (χ4v) is 2.49. The third-order valence-electron chi connectivity index (χ3n) is 3.56. The van der Waals surface area contributed by atoms with Gasteiger partial charge in [-0.2, -0.15) is 0 Å². The van der Waals surface area contributed by atoms with Gasteiger partial charge in [-0.25, -0.2) is 0 Å². The zero-order valence-corrected chi connectivity index (χ0v) is 11.2. The van der Waals surface area contributed by atoms with Gasteiger partial charge in [0.25, 0.3) is 11.6 Å². The smallest absolute Gasteiger partial charge is 0.271 e. The van der Waals surface area contributed by atoms with E-state index in [9.17, 15) is 20.0 Å². The van der Waals surface area contributed by atoms with E-state index >= 15 is 0 Å². The van der Waals surface area contributed by atoms with Gasteiger partial charge in [-0.1, -0.05) is 0 Å². The van der Waals surface area contributed by atoms with Gasteiger partial charge in [-0.15, -0.1) is 0 Å². The van der Waals surface area contributed by atoms with E-state index in [0.717, 1.165) is 12.8 Å². The van der Waals surface area contributed by atoms with Crippen molar-refractivity contribution in [2.24, 2.45) is 0 Å². The van der Waals surface area contributed by atoms with Crippen molar-refractivity contribution in [1.29, 1.82) is 0 Å². The Hall–Kier alpha value is -2.15. The summed E-state index contributed by atoms with van der Waals surface area (Å²) < 4.78 is 0. The number of anilines is 1. The maximum atomic E-state index is 12.5. The van der Waals surface area contributed by atoms with E-state index in [-0.39, 0.29) is 24.2 Å². The maximum absolute atomic E-state index is 12.5. The molecular weight excluding hydrogens is 262 g/mol. The Morgan fingerprint density at radius 3 is 2.95 bits per heavy atom. The second-order valence-corrected chi connectivity index (χ2v) is 4.71. The SMILES string of the molecule is CNc1cc([N+](=O)[O-])ccc1C(=O)N1CCC[C@H]1CO. The summed E-state index contributed by atoms with van der Waals surface area (Å²) in [4.78, 5) is 24.4. The summed E-state index contributed by atoms with van der Waals surface area (Å²) in [6.45, 7) is 0.539. The van der Waals surface area contributed by atoms with E-state index in [4.69, 9.17) is 0 Å². The number of aliphatic hydroxyl groups excluding tert-OH is 1. The molecule has 1 aliphatic rings. The number of amides is 1. The van der Waals surface area contributed by atoms with Crippen LogP contribution in [-0.2, 0) is 0 Å². The molecule has 2 N–H and O–H groups in total. The van der Waals surface area contributed by atoms with Crippen molar-refractivity contribution in [3.05, 3.63) is 33.9 Å². The molecule has 0 saturated carbocycles. The van der Waals surface area contributed by atoms with Crippen molar-refractivity contribution >= 4 is 17.3 Å². The summed E-state index contributed by atoms with van der Waals surface area (Å²) in [5, 5.41) is 22.8. The first-order valence-electron chi connectivity index (χ1n) is 6.46. The standard InChI is InChI=1S/C13H17N3O4/c1-14-12-7-9(16(19)20)4-5-11(12)13(18)15-6-2-3-10(15)8-17/h4-5,7,10,14,17H,2-3,6,8H2,1H3/t10-/m0/s1. The lowest BCUT2D eigenvalue weighted by Crippen LogP contribution is -2.37. The van der Waals surface area contributed by atoms with Crippen LogP contribution in [0.15, 0.2) is 18.2 Å². The summed E-state index contributed by atoms with van der Waals surface area (Å²) in [5.74, 6) is -0.208. The molecule has 1 aromatic carbocycles. The second kappa shape index (κ2) is 5.87. The van der Waals surface area contributed by atoms with Gasteiger partial charge in [0, 0.05) is 25.7 Å². The van der Waals surface area contributed by atoms with Gasteiger partial charge in [0.05, 0.1) is 28.8 Å². The number of carbonyl (C=O) groups is 1. The van der Waals surface area contributed by atoms with Crippen LogP contribution >= 0.6 is 0 Å². The van der Waals surface area contributed by atoms with Gasteiger partial charge in [0.15, 0.2) is 0 Å². The molecule has 0 aliphatic carbocycles. The van der Waals surface area contributed by atoms with Crippen LogP contribution in [0.4, 0.5) is 11.4 Å². The van der Waals surface area contributed by atoms with Crippen molar-refractivity contribution < 1.29 is 14.8 Å². The summed E-state index contributed by atoms with van der Waals surface area (Å²) in [7, 11) is 1.61. The summed E-state index contributed by atoms with van der Waals surface area (Å²) in [6, 6.07) is 3.96. The third-order valence-corrected chi connectivity index (χ3v) is 3.56. The number of hydrogen-bond acceptors (Lipinski definition) is 5. The van der Waals surface area contributed by atoms with Gasteiger partial charge in [-0.05, 0) is 18.9 Å². The molecule has 1 amide bonds. The zero-order valence-electron chi connectivity index (χ0n) is 11.2. The van der Waals surface area contributed by atoms with E-state index in [1.54, 1.807) is 11.9 Å². The molecular formula is C13H17N3O4. The lowest BCUT2D eigenvalue weighted by atomic mass is 10.1. The number of hydrogen-bond donors (Lipinski definition) is 2. The highest BCUT2D eigenvalue weighted by Gasteiger charge is 2.30. The maximum Gasteiger partial charge on any atom is 0.271 e. The first-order chi connectivity index (χ1) is 9.58. The number of carbonyl (C=O) groups excluding carboxylic acids is 1. The Balaban J connectivity index is 2.32. The first kappa shape index (κ1) is 14.3. The Morgan fingerprint density at radius 1 is 1.60 bits per heavy atom. The molecule has 1 fully saturated rings. The molecule has 7 heteroatoms. The third kappa shape index (κ3) is 2.57. The Labute approximate surface area is 116 Å². The highest BCUT2D eigenvalue weighted by Crippen LogP contribution is 2.26. The number of rotatable bonds is 4. The zero-order chi connectivity index (χ0) is 14.7. The average molecular weight is 279 g/mol. The number of nitro benzene ring substituents is 1. The quantitative estimate of drug-likeness (QED) is 0.638. The van der Waals surface area contributed by atoms with E-state index in [1.165, 1.54) is 18.2 Å². The van der Waals surface area contributed by atoms with Crippen molar-refractivity contribution in [2.75, 3.05) is 25.5 Å². The topological polar surface area (TPSA) is 95.7 Å². The minimum atomic E-state index is -0.499. The lowest BCUT2D eigenvalue weighted by molar-refractivity contribution is -0.384. The van der Waals surface area contributed by atoms with Crippen LogP contribution in [0.2, 0.25) is 0 Å². The number of nitrogens with zero attached hydrogens (tertiary/aromatic N) is 2. The number of likely N-dealkylation sites (tertiary alicyclic amines) is 1. The molecule has 20 heavy (non-hydrogen) atoms. The van der Waals surface area contributed by atoms with Crippen molar-refractivity contribution in [2.45, 2.75) is 18.9 Å². The average Bonchev–Trinajstić information content (AvgIpc) is 2.94. The predicted octanol–water partition coefficient (Wildman–Crippen LogP) is 1.23. The van der Waals surface area contributed by atoms with Crippen LogP contribution in [0.5, 0.6) is 0 Å². The number of nitro groups is 1. The molecule has 0 radical (unpaired) electrons. The van der Waals surface area contributed by atoms with Gasteiger partial charge < -0.3 is 15.3 Å². The van der Waals surface area contributed by atoms with E-state index in [0.29, 0.717) is 17.8 Å². The Morgan fingerprint density at radius 2 is 2.35 bits per heavy atom. The van der Waals surface area contributed by atoms with Crippen LogP contribution in [0.1, 0.15) is 23.2 Å². The molecule has 1 heterocycles. The highest BCUT2D eigenvalue weighted by atomic mass is 16.6. The molecule has 0 aromatic heterocycles. The molecule has 2 rings (SSSR count). The van der Waals surface area contributed by atoms with E-state index in [2.05, 4.69) is 5.32 Å². The van der Waals surface area contributed by atoms with Gasteiger partial charge >= 0.3 is 0 Å². The van der Waals surface area contributed by atoms with Crippen LogP contribution in [-0.4, -0.2) is 47.1 Å². The fourth-order valence-electron chi connectivity index (χ4n) is 2.49. The molecule has 7 nitrogen and oxygen atoms in total. The Bertz CT molecular complexity index is 532. The molecule has 1 aliphatic heterocycles. The lowest BCUT2D eigenvalue weighted by Gasteiger charge is -2.24. The largest absolute Gasteiger partial charge is 0.394 e. The molecule has 0 spiro atoms. The van der Waals surface area contributed by atoms with Crippen molar-refractivity contribution in [3.63, 3.8) is 0 Å². The molecule has 1 saturated heterocycles. The monoisotopic (exact) mass is 279 g/mol. The fraction of sp³-hybridized carbons (Fsp3) is 0.462. The summed E-state index contributed by atoms with van der Waals surface area (Å²) in [5.41, 5.74) is 0.747. The predicted molar refractivity (Wildman–Crippen MR) is 73.8 cm³/mol. The number of aliphatic hydroxyl groups is 1. The number of non-ortho nitro benzene ring substituents is 1. The number of benzene rings is 1. The van der Waals surface area contributed by atoms with Crippen LogP contribution in [0.25, 0.3) is 0 Å². The van der Waals surface area contributed by atoms with E-state index < -0.39 is 4.92 Å². The van der Waals surface area contributed by atoms with E-state index in [1.807, 2.05) is 0 Å². The van der Waals surface area contributed by atoms with Crippen LogP contribution < -0.4 is 5.32 Å². The summed E-state index contributed by atoms with van der Waals surface area (Å²) in [6.07, 6.45) is 1.64. The minimum absolute atomic E-state index is 0.0619. The molecule has 0 bridgehead atoms. The molecule has 1 atom stereocenters. The summed E-state index contributed by atoms with van der Waals surface area (Å²) >= 11 is 0. The van der Waals surface area contributed by atoms with Crippen LogP contribution in [0.3, 0.4) is 0 Å². The molecule has 108 valence electrons. The number of nitrogens with one attached hydrogen (secondary N) is 1. The Kier molecular flexibility index (Phi) is 4.19. The van der Waals surface area contributed by atoms with Gasteiger partial charge in [0.1, 0.15) is 0 Å². The van der Waals surface area contributed by atoms with Gasteiger partial charge in [0.2, 0.25) is 0 Å². The van der Waals surface area contributed by atoms with Gasteiger partial charge in [-0.3, -0.25) is 14.9 Å². The highest BCUT2D eigenvalue weighted by molar-refractivity contribution is 6.00. The van der Waals surface area contributed by atoms with Crippen molar-refractivity contribution in [1.82, 2.24) is 4.90 Å². The minimum Gasteiger partial charge on any atom is -0.394 e.